The smallest absolute Gasteiger partial charge is 0.272 e. The van der Waals surface area contributed by atoms with Crippen molar-refractivity contribution in [2.45, 2.75) is 31.1 Å². The summed E-state index contributed by atoms with van der Waals surface area (Å²) in [5, 5.41) is 4.14. The molecule has 1 amide bonds. The van der Waals surface area contributed by atoms with Crippen molar-refractivity contribution in [3.05, 3.63) is 42.7 Å². The number of hydrogen-bond acceptors (Lipinski definition) is 6. The van der Waals surface area contributed by atoms with Gasteiger partial charge in [0.05, 0.1) is 32.4 Å². The summed E-state index contributed by atoms with van der Waals surface area (Å²) in [5.74, 6) is -0.0752. The normalized spacial score (nSPS) is 26.7. The maximum Gasteiger partial charge on any atom is 0.272 e. The zero-order valence-corrected chi connectivity index (χ0v) is 14.0. The predicted molar refractivity (Wildman–Crippen MR) is 87.8 cm³/mol. The Bertz CT molecular complexity index is 708. The van der Waals surface area contributed by atoms with E-state index in [1.807, 2.05) is 6.07 Å². The van der Waals surface area contributed by atoms with Crippen LogP contribution >= 0.6 is 0 Å². The Morgan fingerprint density at radius 3 is 3.16 bits per heavy atom. The van der Waals surface area contributed by atoms with E-state index in [1.165, 1.54) is 6.33 Å². The second-order valence-corrected chi connectivity index (χ2v) is 6.57. The van der Waals surface area contributed by atoms with E-state index in [0.29, 0.717) is 38.5 Å². The molecule has 8 heteroatoms. The first-order valence-electron chi connectivity index (χ1n) is 8.52. The first-order valence-corrected chi connectivity index (χ1v) is 8.52. The predicted octanol–water partition coefficient (Wildman–Crippen LogP) is 0.763. The monoisotopic (exact) mass is 343 g/mol. The summed E-state index contributed by atoms with van der Waals surface area (Å²) < 4.78 is 13.9. The van der Waals surface area contributed by atoms with Crippen molar-refractivity contribution in [1.82, 2.24) is 24.6 Å². The number of pyridine rings is 1. The Balaban J connectivity index is 1.46. The Hall–Kier alpha value is -2.32. The third-order valence-electron chi connectivity index (χ3n) is 4.72. The standard InChI is InChI=1S/C17H21N5O3/c23-16(15-3-1-2-6-19-15)21-7-8-24-11-17(10-21)5-4-14(25-17)9-22-13-18-12-20-22/h1-3,6,12-14H,4-5,7-11H2/t14-,17-/m0/s1. The minimum atomic E-state index is -0.452. The number of ether oxygens (including phenoxy) is 2. The van der Waals surface area contributed by atoms with E-state index in [0.717, 1.165) is 12.8 Å². The van der Waals surface area contributed by atoms with Gasteiger partial charge in [-0.2, -0.15) is 5.10 Å². The van der Waals surface area contributed by atoms with E-state index in [9.17, 15) is 4.79 Å². The van der Waals surface area contributed by atoms with Crippen LogP contribution in [0, 0.1) is 0 Å². The molecule has 132 valence electrons. The molecule has 8 nitrogen and oxygen atoms in total. The van der Waals surface area contributed by atoms with Gasteiger partial charge < -0.3 is 14.4 Å². The zero-order valence-electron chi connectivity index (χ0n) is 14.0. The van der Waals surface area contributed by atoms with Crippen molar-refractivity contribution < 1.29 is 14.3 Å². The van der Waals surface area contributed by atoms with E-state index in [1.54, 1.807) is 34.2 Å². The highest BCUT2D eigenvalue weighted by Crippen LogP contribution is 2.33. The molecule has 0 unspecified atom stereocenters. The molecular weight excluding hydrogens is 322 g/mol. The van der Waals surface area contributed by atoms with Crippen molar-refractivity contribution in [3.8, 4) is 0 Å². The Labute approximate surface area is 145 Å². The van der Waals surface area contributed by atoms with Gasteiger partial charge in [0.25, 0.3) is 5.91 Å². The van der Waals surface area contributed by atoms with Crippen LogP contribution in [0.15, 0.2) is 37.1 Å². The molecule has 0 saturated carbocycles. The molecule has 2 aliphatic heterocycles. The van der Waals surface area contributed by atoms with Crippen LogP contribution in [0.5, 0.6) is 0 Å². The lowest BCUT2D eigenvalue weighted by atomic mass is 10.00. The van der Waals surface area contributed by atoms with Crippen molar-refractivity contribution >= 4 is 5.91 Å². The highest BCUT2D eigenvalue weighted by Gasteiger charge is 2.44. The Morgan fingerprint density at radius 1 is 1.40 bits per heavy atom. The Morgan fingerprint density at radius 2 is 2.36 bits per heavy atom. The van der Waals surface area contributed by atoms with Gasteiger partial charge >= 0.3 is 0 Å². The second-order valence-electron chi connectivity index (χ2n) is 6.57. The summed E-state index contributed by atoms with van der Waals surface area (Å²) in [4.78, 5) is 22.7. The molecule has 2 atom stereocenters. The van der Waals surface area contributed by atoms with Crippen molar-refractivity contribution in [3.63, 3.8) is 0 Å². The maximum absolute atomic E-state index is 12.8. The first-order chi connectivity index (χ1) is 12.2. The van der Waals surface area contributed by atoms with Crippen LogP contribution in [0.25, 0.3) is 0 Å². The minimum absolute atomic E-state index is 0.0511. The molecule has 1 spiro atoms. The van der Waals surface area contributed by atoms with Crippen LogP contribution < -0.4 is 0 Å². The minimum Gasteiger partial charge on any atom is -0.377 e. The number of hydrogen-bond donors (Lipinski definition) is 0. The van der Waals surface area contributed by atoms with Gasteiger partial charge in [-0.05, 0) is 25.0 Å². The first kappa shape index (κ1) is 16.2. The van der Waals surface area contributed by atoms with Gasteiger partial charge in [0, 0.05) is 12.7 Å². The third-order valence-corrected chi connectivity index (χ3v) is 4.72. The van der Waals surface area contributed by atoms with Gasteiger partial charge in [-0.1, -0.05) is 6.07 Å². The fourth-order valence-corrected chi connectivity index (χ4v) is 3.51. The van der Waals surface area contributed by atoms with Gasteiger partial charge in [0.2, 0.25) is 0 Å². The maximum atomic E-state index is 12.8. The highest BCUT2D eigenvalue weighted by atomic mass is 16.6. The molecular formula is C17H21N5O3. The molecule has 2 aromatic rings. The van der Waals surface area contributed by atoms with E-state index < -0.39 is 5.60 Å². The van der Waals surface area contributed by atoms with Gasteiger partial charge in [-0.15, -0.1) is 0 Å². The summed E-state index contributed by atoms with van der Waals surface area (Å²) in [7, 11) is 0. The quantitative estimate of drug-likeness (QED) is 0.818. The van der Waals surface area contributed by atoms with Crippen molar-refractivity contribution in [1.29, 1.82) is 0 Å². The number of carbonyl (C=O) groups is 1. The van der Waals surface area contributed by atoms with E-state index in [-0.39, 0.29) is 12.0 Å². The second kappa shape index (κ2) is 6.89. The number of amides is 1. The van der Waals surface area contributed by atoms with Crippen molar-refractivity contribution in [2.24, 2.45) is 0 Å². The number of carbonyl (C=O) groups excluding carboxylic acids is 1. The van der Waals surface area contributed by atoms with Crippen LogP contribution in [0.2, 0.25) is 0 Å². The fraction of sp³-hybridized carbons (Fsp3) is 0.529. The average Bonchev–Trinajstić information content (AvgIpc) is 3.23. The van der Waals surface area contributed by atoms with Gasteiger partial charge in [-0.3, -0.25) is 14.5 Å². The molecule has 0 bridgehead atoms. The third kappa shape index (κ3) is 3.54. The van der Waals surface area contributed by atoms with E-state index >= 15 is 0 Å². The summed E-state index contributed by atoms with van der Waals surface area (Å²) in [6.45, 7) is 2.75. The van der Waals surface area contributed by atoms with Gasteiger partial charge in [-0.25, -0.2) is 4.98 Å². The van der Waals surface area contributed by atoms with Crippen LogP contribution in [0.4, 0.5) is 0 Å². The molecule has 25 heavy (non-hydrogen) atoms. The average molecular weight is 343 g/mol. The molecule has 0 aromatic carbocycles. The number of rotatable bonds is 3. The van der Waals surface area contributed by atoms with Crippen LogP contribution in [-0.2, 0) is 16.0 Å². The molecule has 2 saturated heterocycles. The summed E-state index contributed by atoms with van der Waals surface area (Å²) in [6.07, 6.45) is 6.67. The van der Waals surface area contributed by atoms with Crippen LogP contribution in [0.1, 0.15) is 23.3 Å². The molecule has 0 aliphatic carbocycles. The summed E-state index contributed by atoms with van der Waals surface area (Å²) in [6, 6.07) is 5.37. The summed E-state index contributed by atoms with van der Waals surface area (Å²) >= 11 is 0. The highest BCUT2D eigenvalue weighted by molar-refractivity contribution is 5.92. The molecule has 4 rings (SSSR count). The molecule has 0 N–H and O–H groups in total. The van der Waals surface area contributed by atoms with Crippen LogP contribution in [0.3, 0.4) is 0 Å². The fourth-order valence-electron chi connectivity index (χ4n) is 3.51. The lowest BCUT2D eigenvalue weighted by molar-refractivity contribution is -0.0881. The molecule has 0 radical (unpaired) electrons. The van der Waals surface area contributed by atoms with E-state index in [2.05, 4.69) is 15.1 Å². The van der Waals surface area contributed by atoms with Crippen LogP contribution in [-0.4, -0.2) is 68.6 Å². The van der Waals surface area contributed by atoms with Gasteiger partial charge in [0.15, 0.2) is 0 Å². The lowest BCUT2D eigenvalue weighted by Crippen LogP contribution is -2.47. The summed E-state index contributed by atoms with van der Waals surface area (Å²) in [5.41, 5.74) is 0.00310. The SMILES string of the molecule is O=C(c1ccccn1)N1CCOC[C@]2(CC[C@@H](Cn3cncn3)O2)C1. The Kier molecular flexibility index (Phi) is 4.46. The lowest BCUT2D eigenvalue weighted by Gasteiger charge is -2.31. The number of aromatic nitrogens is 4. The van der Waals surface area contributed by atoms with Gasteiger partial charge in [0.1, 0.15) is 23.9 Å². The van der Waals surface area contributed by atoms with Crippen molar-refractivity contribution in [2.75, 3.05) is 26.3 Å². The molecule has 2 aromatic heterocycles. The van der Waals surface area contributed by atoms with E-state index in [4.69, 9.17) is 9.47 Å². The largest absolute Gasteiger partial charge is 0.377 e. The topological polar surface area (TPSA) is 82.4 Å². The molecule has 2 aliphatic rings. The number of nitrogens with zero attached hydrogens (tertiary/aromatic N) is 5. The molecule has 4 heterocycles. The molecule has 2 fully saturated rings. The zero-order chi connectivity index (χ0) is 17.1.